The number of benzene rings is 2. The third-order valence-electron chi connectivity index (χ3n) is 4.57. The number of hydrogen-bond donors (Lipinski definition) is 0. The van der Waals surface area contributed by atoms with Gasteiger partial charge in [-0.05, 0) is 24.0 Å². The van der Waals surface area contributed by atoms with Gasteiger partial charge in [0.15, 0.2) is 11.5 Å². The van der Waals surface area contributed by atoms with Crippen molar-refractivity contribution >= 4 is 29.3 Å². The highest BCUT2D eigenvalue weighted by Crippen LogP contribution is 2.41. The zero-order valence-electron chi connectivity index (χ0n) is 13.4. The lowest BCUT2D eigenvalue weighted by atomic mass is 9.77. The Morgan fingerprint density at radius 3 is 2.20 bits per heavy atom. The molecular formula is C20H14O4S. The largest absolute Gasteiger partial charge is 0.422 e. The minimum absolute atomic E-state index is 0.0542. The molecule has 1 aliphatic carbocycles. The molecule has 0 saturated carbocycles. The van der Waals surface area contributed by atoms with Gasteiger partial charge in [-0.25, -0.2) is 0 Å². The fourth-order valence-corrected chi connectivity index (χ4v) is 3.74. The molecule has 2 aromatic rings. The van der Waals surface area contributed by atoms with Crippen molar-refractivity contribution in [1.82, 2.24) is 0 Å². The number of ether oxygens (including phenoxy) is 1. The molecule has 2 aromatic carbocycles. The van der Waals surface area contributed by atoms with Crippen molar-refractivity contribution < 1.29 is 19.1 Å². The monoisotopic (exact) mass is 350 g/mol. The van der Waals surface area contributed by atoms with Gasteiger partial charge in [0.1, 0.15) is 0 Å². The fraction of sp³-hybridized carbons (Fsp3) is 0.150. The molecule has 4 rings (SSSR count). The first kappa shape index (κ1) is 15.8. The van der Waals surface area contributed by atoms with Crippen LogP contribution in [0.2, 0.25) is 0 Å². The van der Waals surface area contributed by atoms with E-state index in [1.165, 1.54) is 0 Å². The second-order valence-corrected chi connectivity index (χ2v) is 6.83. The second kappa shape index (κ2) is 6.01. The molecule has 1 aliphatic heterocycles. The van der Waals surface area contributed by atoms with Gasteiger partial charge in [-0.15, -0.1) is 11.8 Å². The molecule has 2 aliphatic rings. The number of thioether (sulfide) groups is 1. The zero-order chi connectivity index (χ0) is 17.6. The molecule has 0 N–H and O–H groups in total. The highest BCUT2D eigenvalue weighted by molar-refractivity contribution is 7.98. The van der Waals surface area contributed by atoms with Crippen LogP contribution in [0.4, 0.5) is 0 Å². The van der Waals surface area contributed by atoms with Gasteiger partial charge in [-0.3, -0.25) is 14.4 Å². The summed E-state index contributed by atoms with van der Waals surface area (Å²) in [6, 6.07) is 14.3. The Bertz CT molecular complexity index is 940. The Morgan fingerprint density at radius 1 is 0.920 bits per heavy atom. The summed E-state index contributed by atoms with van der Waals surface area (Å²) in [6.45, 7) is 0. The second-order valence-electron chi connectivity index (χ2n) is 5.95. The lowest BCUT2D eigenvalue weighted by Crippen LogP contribution is -2.32. The van der Waals surface area contributed by atoms with Gasteiger partial charge >= 0.3 is 5.97 Å². The lowest BCUT2D eigenvalue weighted by Gasteiger charge is -2.30. The number of hydrogen-bond acceptors (Lipinski definition) is 5. The summed E-state index contributed by atoms with van der Waals surface area (Å²) in [7, 11) is 0. The Hall–Kier alpha value is -2.66. The van der Waals surface area contributed by atoms with Gasteiger partial charge in [0, 0.05) is 21.9 Å². The minimum atomic E-state index is -0.488. The van der Waals surface area contributed by atoms with Gasteiger partial charge < -0.3 is 4.74 Å². The smallest absolute Gasteiger partial charge is 0.312 e. The van der Waals surface area contributed by atoms with E-state index in [2.05, 4.69) is 0 Å². The van der Waals surface area contributed by atoms with Crippen molar-refractivity contribution in [1.29, 1.82) is 0 Å². The van der Waals surface area contributed by atoms with Crippen LogP contribution in [0.3, 0.4) is 0 Å². The normalized spacial score (nSPS) is 19.4. The van der Waals surface area contributed by atoms with Gasteiger partial charge in [0.05, 0.1) is 12.0 Å². The molecular weight excluding hydrogens is 336 g/mol. The van der Waals surface area contributed by atoms with E-state index in [4.69, 9.17) is 4.74 Å². The summed E-state index contributed by atoms with van der Waals surface area (Å²) in [4.78, 5) is 38.9. The molecule has 25 heavy (non-hydrogen) atoms. The Balaban J connectivity index is 1.86. The first-order valence-electron chi connectivity index (χ1n) is 7.87. The summed E-state index contributed by atoms with van der Waals surface area (Å²) in [5.74, 6) is -1.70. The van der Waals surface area contributed by atoms with E-state index < -0.39 is 17.7 Å². The topological polar surface area (TPSA) is 60.4 Å². The van der Waals surface area contributed by atoms with Crippen molar-refractivity contribution in [3.63, 3.8) is 0 Å². The van der Waals surface area contributed by atoms with Crippen LogP contribution < -0.4 is 0 Å². The average Bonchev–Trinajstić information content (AvgIpc) is 2.65. The highest BCUT2D eigenvalue weighted by Gasteiger charge is 2.42. The predicted octanol–water partition coefficient (Wildman–Crippen LogP) is 3.77. The van der Waals surface area contributed by atoms with E-state index in [-0.39, 0.29) is 23.5 Å². The maximum Gasteiger partial charge on any atom is 0.312 e. The SMILES string of the molecule is CSc1ccc(C2CC(=O)OC3=C2C(=O)c2ccccc2C3=O)cc1. The lowest BCUT2D eigenvalue weighted by molar-refractivity contribution is -0.140. The van der Waals surface area contributed by atoms with Crippen LogP contribution >= 0.6 is 11.8 Å². The van der Waals surface area contributed by atoms with E-state index in [1.54, 1.807) is 36.0 Å². The minimum Gasteiger partial charge on any atom is -0.422 e. The van der Waals surface area contributed by atoms with Crippen molar-refractivity contribution in [2.45, 2.75) is 17.2 Å². The predicted molar refractivity (Wildman–Crippen MR) is 93.8 cm³/mol. The molecule has 1 atom stereocenters. The molecule has 0 amide bonds. The maximum atomic E-state index is 13.0. The molecule has 0 saturated heterocycles. The first-order valence-corrected chi connectivity index (χ1v) is 9.10. The van der Waals surface area contributed by atoms with Gasteiger partial charge in [0.2, 0.25) is 5.78 Å². The molecule has 4 nitrogen and oxygen atoms in total. The van der Waals surface area contributed by atoms with Crippen molar-refractivity contribution in [3.05, 3.63) is 76.6 Å². The highest BCUT2D eigenvalue weighted by atomic mass is 32.2. The summed E-state index contributed by atoms with van der Waals surface area (Å²) in [5.41, 5.74) is 1.79. The zero-order valence-corrected chi connectivity index (χ0v) is 14.3. The van der Waals surface area contributed by atoms with Gasteiger partial charge in [-0.1, -0.05) is 36.4 Å². The number of carbonyl (C=O) groups is 3. The van der Waals surface area contributed by atoms with Crippen LogP contribution in [0.15, 0.2) is 64.8 Å². The van der Waals surface area contributed by atoms with E-state index in [0.717, 1.165) is 10.5 Å². The van der Waals surface area contributed by atoms with Crippen LogP contribution in [0.1, 0.15) is 38.6 Å². The molecule has 0 spiro atoms. The van der Waals surface area contributed by atoms with Gasteiger partial charge in [0.25, 0.3) is 0 Å². The summed E-state index contributed by atoms with van der Waals surface area (Å²) < 4.78 is 5.19. The molecule has 0 aromatic heterocycles. The third-order valence-corrected chi connectivity index (χ3v) is 5.31. The molecule has 0 radical (unpaired) electrons. The Labute approximate surface area is 148 Å². The van der Waals surface area contributed by atoms with Crippen LogP contribution in [-0.2, 0) is 9.53 Å². The number of rotatable bonds is 2. The fourth-order valence-electron chi connectivity index (χ4n) is 3.33. The van der Waals surface area contributed by atoms with Crippen molar-refractivity contribution in [2.24, 2.45) is 0 Å². The van der Waals surface area contributed by atoms with Crippen molar-refractivity contribution in [3.8, 4) is 0 Å². The molecule has 124 valence electrons. The number of ketones is 2. The number of allylic oxidation sites excluding steroid dienone is 2. The van der Waals surface area contributed by atoms with Crippen LogP contribution in [0.25, 0.3) is 0 Å². The van der Waals surface area contributed by atoms with Crippen LogP contribution in [0, 0.1) is 0 Å². The number of esters is 1. The summed E-state index contributed by atoms with van der Waals surface area (Å²) >= 11 is 1.61. The first-order chi connectivity index (χ1) is 12.1. The van der Waals surface area contributed by atoms with E-state index in [9.17, 15) is 14.4 Å². The number of fused-ring (bicyclic) bond motifs is 1. The number of carbonyl (C=O) groups excluding carboxylic acids is 3. The van der Waals surface area contributed by atoms with E-state index in [0.29, 0.717) is 11.1 Å². The Kier molecular flexibility index (Phi) is 3.81. The average molecular weight is 350 g/mol. The van der Waals surface area contributed by atoms with Crippen molar-refractivity contribution in [2.75, 3.05) is 6.26 Å². The van der Waals surface area contributed by atoms with E-state index in [1.807, 2.05) is 30.5 Å². The maximum absolute atomic E-state index is 13.0. The number of Topliss-reactive ketones (excluding diaryl/α,β-unsaturated/α-hetero) is 2. The van der Waals surface area contributed by atoms with Crippen LogP contribution in [0.5, 0.6) is 0 Å². The molecule has 1 heterocycles. The standard InChI is InChI=1S/C20H14O4S/c1-25-12-8-6-11(7-9-12)15-10-16(21)24-20-17(15)18(22)13-4-2-3-5-14(13)19(20)23/h2-9,15H,10H2,1H3. The molecule has 5 heteroatoms. The molecule has 1 unspecified atom stereocenters. The Morgan fingerprint density at radius 2 is 1.56 bits per heavy atom. The van der Waals surface area contributed by atoms with Crippen LogP contribution in [-0.4, -0.2) is 23.8 Å². The third kappa shape index (κ3) is 2.51. The summed E-state index contributed by atoms with van der Waals surface area (Å²) in [6.07, 6.45) is 2.03. The summed E-state index contributed by atoms with van der Waals surface area (Å²) in [5, 5.41) is 0. The molecule has 0 fully saturated rings. The van der Waals surface area contributed by atoms with E-state index >= 15 is 0 Å². The van der Waals surface area contributed by atoms with Gasteiger partial charge in [-0.2, -0.15) is 0 Å². The quantitative estimate of drug-likeness (QED) is 0.609. The molecule has 0 bridgehead atoms.